The van der Waals surface area contributed by atoms with Gasteiger partial charge in [-0.25, -0.2) is 0 Å². The van der Waals surface area contributed by atoms with E-state index in [1.54, 1.807) is 18.1 Å². The van der Waals surface area contributed by atoms with Crippen molar-refractivity contribution in [3.05, 3.63) is 28.7 Å². The SMILES string of the molecule is CCOc1cccc(C=C2SC(=S)N(CC)C2=O)c1OC. The highest BCUT2D eigenvalue weighted by molar-refractivity contribution is 8.26. The van der Waals surface area contributed by atoms with E-state index in [1.165, 1.54) is 11.8 Å². The zero-order valence-corrected chi connectivity index (χ0v) is 13.8. The van der Waals surface area contributed by atoms with Crippen molar-refractivity contribution in [2.75, 3.05) is 20.3 Å². The lowest BCUT2D eigenvalue weighted by molar-refractivity contribution is -0.121. The summed E-state index contributed by atoms with van der Waals surface area (Å²) in [7, 11) is 1.59. The number of carbonyl (C=O) groups is 1. The molecule has 0 spiro atoms. The maximum absolute atomic E-state index is 12.2. The van der Waals surface area contributed by atoms with Gasteiger partial charge >= 0.3 is 0 Å². The number of amides is 1. The van der Waals surface area contributed by atoms with Crippen LogP contribution in [-0.2, 0) is 4.79 Å². The molecule has 2 rings (SSSR count). The molecule has 1 aromatic carbocycles. The summed E-state index contributed by atoms with van der Waals surface area (Å²) in [6.07, 6.45) is 1.80. The van der Waals surface area contributed by atoms with Gasteiger partial charge in [0.1, 0.15) is 4.32 Å². The highest BCUT2D eigenvalue weighted by Crippen LogP contribution is 2.37. The van der Waals surface area contributed by atoms with Crippen LogP contribution in [0.25, 0.3) is 6.08 Å². The van der Waals surface area contributed by atoms with E-state index in [1.807, 2.05) is 32.0 Å². The van der Waals surface area contributed by atoms with Crippen molar-refractivity contribution in [3.63, 3.8) is 0 Å². The fraction of sp³-hybridized carbons (Fsp3) is 0.333. The normalized spacial score (nSPS) is 16.7. The third kappa shape index (κ3) is 3.22. The van der Waals surface area contributed by atoms with Crippen molar-refractivity contribution in [2.45, 2.75) is 13.8 Å². The first-order valence-corrected chi connectivity index (χ1v) is 7.90. The fourth-order valence-corrected chi connectivity index (χ4v) is 3.42. The van der Waals surface area contributed by atoms with Gasteiger partial charge in [0.05, 0.1) is 18.6 Å². The van der Waals surface area contributed by atoms with Crippen LogP contribution >= 0.6 is 24.0 Å². The van der Waals surface area contributed by atoms with E-state index < -0.39 is 0 Å². The molecular formula is C15H17NO3S2. The van der Waals surface area contributed by atoms with Crippen molar-refractivity contribution in [1.29, 1.82) is 0 Å². The second-order valence-corrected chi connectivity index (χ2v) is 5.91. The first kappa shape index (κ1) is 15.9. The van der Waals surface area contributed by atoms with E-state index in [2.05, 4.69) is 0 Å². The molecule has 1 amide bonds. The standard InChI is InChI=1S/C15H17NO3S2/c1-4-16-14(17)12(21-15(16)20)9-10-7-6-8-11(19-5-2)13(10)18-3/h6-9H,4-5H2,1-3H3. The van der Waals surface area contributed by atoms with Crippen molar-refractivity contribution in [1.82, 2.24) is 4.90 Å². The molecule has 0 unspecified atom stereocenters. The number of rotatable bonds is 5. The van der Waals surface area contributed by atoms with E-state index in [9.17, 15) is 4.79 Å². The predicted octanol–water partition coefficient (Wildman–Crippen LogP) is 3.32. The van der Waals surface area contributed by atoms with Crippen LogP contribution in [0.15, 0.2) is 23.1 Å². The minimum absolute atomic E-state index is 0.0589. The lowest BCUT2D eigenvalue weighted by atomic mass is 10.1. The Balaban J connectivity index is 2.39. The lowest BCUT2D eigenvalue weighted by Gasteiger charge is -2.12. The van der Waals surface area contributed by atoms with Crippen LogP contribution in [0.1, 0.15) is 19.4 Å². The van der Waals surface area contributed by atoms with E-state index in [0.29, 0.717) is 33.9 Å². The van der Waals surface area contributed by atoms with Gasteiger partial charge < -0.3 is 9.47 Å². The number of likely N-dealkylation sites (N-methyl/N-ethyl adjacent to an activating group) is 1. The monoisotopic (exact) mass is 323 g/mol. The summed E-state index contributed by atoms with van der Waals surface area (Å²) in [6.45, 7) is 4.96. The van der Waals surface area contributed by atoms with Gasteiger partial charge in [0, 0.05) is 12.1 Å². The molecule has 1 aromatic rings. The smallest absolute Gasteiger partial charge is 0.266 e. The second kappa shape index (κ2) is 6.95. The van der Waals surface area contributed by atoms with Gasteiger partial charge in [-0.15, -0.1) is 0 Å². The first-order chi connectivity index (χ1) is 10.1. The van der Waals surface area contributed by atoms with Crippen molar-refractivity contribution in [2.24, 2.45) is 0 Å². The number of thioether (sulfide) groups is 1. The summed E-state index contributed by atoms with van der Waals surface area (Å²) < 4.78 is 11.6. The summed E-state index contributed by atoms with van der Waals surface area (Å²) in [5.41, 5.74) is 0.806. The van der Waals surface area contributed by atoms with Crippen LogP contribution in [0.2, 0.25) is 0 Å². The molecule has 0 aromatic heterocycles. The minimum Gasteiger partial charge on any atom is -0.492 e. The number of hydrogen-bond acceptors (Lipinski definition) is 5. The Morgan fingerprint density at radius 1 is 1.38 bits per heavy atom. The largest absolute Gasteiger partial charge is 0.492 e. The molecule has 0 saturated carbocycles. The zero-order valence-electron chi connectivity index (χ0n) is 12.2. The van der Waals surface area contributed by atoms with Crippen LogP contribution in [-0.4, -0.2) is 35.4 Å². The average molecular weight is 323 g/mol. The lowest BCUT2D eigenvalue weighted by Crippen LogP contribution is -2.27. The fourth-order valence-electron chi connectivity index (χ4n) is 2.05. The summed E-state index contributed by atoms with van der Waals surface area (Å²) in [5, 5.41) is 0. The summed E-state index contributed by atoms with van der Waals surface area (Å²) in [5.74, 6) is 1.23. The number of para-hydroxylation sites is 1. The molecule has 0 radical (unpaired) electrons. The van der Waals surface area contributed by atoms with Gasteiger partial charge in [-0.05, 0) is 26.0 Å². The topological polar surface area (TPSA) is 38.8 Å². The number of ether oxygens (including phenoxy) is 2. The molecule has 0 aliphatic carbocycles. The van der Waals surface area contributed by atoms with Gasteiger partial charge in [0.25, 0.3) is 5.91 Å². The molecule has 1 heterocycles. The van der Waals surface area contributed by atoms with Crippen molar-refractivity contribution >= 4 is 40.3 Å². The zero-order chi connectivity index (χ0) is 15.4. The van der Waals surface area contributed by atoms with Gasteiger partial charge in [-0.2, -0.15) is 0 Å². The maximum Gasteiger partial charge on any atom is 0.266 e. The Morgan fingerprint density at radius 3 is 2.71 bits per heavy atom. The van der Waals surface area contributed by atoms with Gasteiger partial charge in [-0.1, -0.05) is 36.1 Å². The Bertz CT molecular complexity index is 599. The summed E-state index contributed by atoms with van der Waals surface area (Å²) in [6, 6.07) is 5.61. The highest BCUT2D eigenvalue weighted by atomic mass is 32.2. The molecule has 112 valence electrons. The van der Waals surface area contributed by atoms with E-state index >= 15 is 0 Å². The third-order valence-electron chi connectivity index (χ3n) is 2.99. The molecule has 6 heteroatoms. The Kier molecular flexibility index (Phi) is 5.25. The number of benzene rings is 1. The molecule has 0 atom stereocenters. The van der Waals surface area contributed by atoms with Crippen LogP contribution in [0.3, 0.4) is 0 Å². The number of thiocarbonyl (C=S) groups is 1. The molecule has 1 fully saturated rings. The molecule has 0 bridgehead atoms. The summed E-state index contributed by atoms with van der Waals surface area (Å²) >= 11 is 6.52. The van der Waals surface area contributed by atoms with Crippen LogP contribution < -0.4 is 9.47 Å². The van der Waals surface area contributed by atoms with E-state index in [-0.39, 0.29) is 5.91 Å². The highest BCUT2D eigenvalue weighted by Gasteiger charge is 2.30. The van der Waals surface area contributed by atoms with Crippen molar-refractivity contribution in [3.8, 4) is 11.5 Å². The Labute approximate surface area is 134 Å². The molecule has 21 heavy (non-hydrogen) atoms. The quantitative estimate of drug-likeness (QED) is 0.614. The summed E-state index contributed by atoms with van der Waals surface area (Å²) in [4.78, 5) is 14.4. The minimum atomic E-state index is -0.0589. The van der Waals surface area contributed by atoms with Gasteiger partial charge in [0.2, 0.25) is 0 Å². The Hall–Kier alpha value is -1.53. The van der Waals surface area contributed by atoms with Gasteiger partial charge in [0.15, 0.2) is 11.5 Å². The predicted molar refractivity (Wildman–Crippen MR) is 89.7 cm³/mol. The number of hydrogen-bond donors (Lipinski definition) is 0. The molecular weight excluding hydrogens is 306 g/mol. The van der Waals surface area contributed by atoms with E-state index in [4.69, 9.17) is 21.7 Å². The van der Waals surface area contributed by atoms with Crippen LogP contribution in [0.5, 0.6) is 11.5 Å². The first-order valence-electron chi connectivity index (χ1n) is 6.67. The molecule has 1 aliphatic rings. The molecule has 0 N–H and O–H groups in total. The van der Waals surface area contributed by atoms with Crippen LogP contribution in [0, 0.1) is 0 Å². The molecule has 4 nitrogen and oxygen atoms in total. The number of carbonyl (C=O) groups excluding carboxylic acids is 1. The number of nitrogens with zero attached hydrogens (tertiary/aromatic N) is 1. The van der Waals surface area contributed by atoms with Crippen molar-refractivity contribution < 1.29 is 14.3 Å². The van der Waals surface area contributed by atoms with E-state index in [0.717, 1.165) is 5.56 Å². The van der Waals surface area contributed by atoms with Gasteiger partial charge in [-0.3, -0.25) is 9.69 Å². The maximum atomic E-state index is 12.2. The number of methoxy groups -OCH3 is 1. The molecule has 1 saturated heterocycles. The molecule has 1 aliphatic heterocycles. The Morgan fingerprint density at radius 2 is 2.14 bits per heavy atom. The van der Waals surface area contributed by atoms with Crippen LogP contribution in [0.4, 0.5) is 0 Å². The second-order valence-electron chi connectivity index (χ2n) is 4.24. The average Bonchev–Trinajstić information content (AvgIpc) is 2.73. The third-order valence-corrected chi connectivity index (χ3v) is 4.37.